The molecule has 2 aromatic rings. The zero-order chi connectivity index (χ0) is 21.4. The molecule has 0 aliphatic rings. The van der Waals surface area contributed by atoms with Crippen molar-refractivity contribution in [2.75, 3.05) is 0 Å². The summed E-state index contributed by atoms with van der Waals surface area (Å²) < 4.78 is 0. The lowest BCUT2D eigenvalue weighted by Gasteiger charge is -2.22. The third kappa shape index (κ3) is 6.93. The van der Waals surface area contributed by atoms with Crippen LogP contribution in [-0.2, 0) is 27.2 Å². The second-order valence-electron chi connectivity index (χ2n) is 6.81. The first-order chi connectivity index (χ1) is 13.8. The Morgan fingerprint density at radius 3 is 1.93 bits per heavy atom. The van der Waals surface area contributed by atoms with Gasteiger partial charge in [-0.1, -0.05) is 42.5 Å². The van der Waals surface area contributed by atoms with Gasteiger partial charge in [-0.25, -0.2) is 4.79 Å². The van der Waals surface area contributed by atoms with E-state index in [0.717, 1.165) is 5.56 Å². The van der Waals surface area contributed by atoms with Crippen molar-refractivity contribution in [3.63, 3.8) is 0 Å². The number of aromatic hydroxyl groups is 1. The smallest absolute Gasteiger partial charge is 0.326 e. The summed E-state index contributed by atoms with van der Waals surface area (Å²) >= 11 is 0. The number of phenolic OH excluding ortho intramolecular Hbond substituents is 1. The van der Waals surface area contributed by atoms with E-state index in [1.165, 1.54) is 19.1 Å². The number of benzene rings is 2. The van der Waals surface area contributed by atoms with Crippen LogP contribution in [0.3, 0.4) is 0 Å². The lowest BCUT2D eigenvalue weighted by Crippen LogP contribution is -2.55. The first-order valence-corrected chi connectivity index (χ1v) is 9.17. The molecule has 0 aromatic heterocycles. The summed E-state index contributed by atoms with van der Waals surface area (Å²) in [5.74, 6) is -2.27. The lowest BCUT2D eigenvalue weighted by atomic mass is 10.0. The standard InChI is InChI=1S/C21H25N3O5/c1-13(22)19(26)23-17(11-14-5-3-2-4-6-14)20(27)24-18(21(28)29)12-15-7-9-16(25)10-8-15/h2-10,13,17-18,25H,11-12,22H2,1H3,(H,23,26)(H,24,27)(H,28,29)/t13-,17-,18-/m0/s1. The van der Waals surface area contributed by atoms with Crippen LogP contribution in [0.5, 0.6) is 5.75 Å². The summed E-state index contributed by atoms with van der Waals surface area (Å²) in [5, 5.41) is 23.9. The molecule has 8 nitrogen and oxygen atoms in total. The van der Waals surface area contributed by atoms with Gasteiger partial charge in [-0.05, 0) is 30.2 Å². The maximum Gasteiger partial charge on any atom is 0.326 e. The van der Waals surface area contributed by atoms with E-state index < -0.39 is 35.9 Å². The van der Waals surface area contributed by atoms with Gasteiger partial charge in [0.05, 0.1) is 6.04 Å². The summed E-state index contributed by atoms with van der Waals surface area (Å²) in [5.41, 5.74) is 7.03. The monoisotopic (exact) mass is 399 g/mol. The first kappa shape index (κ1) is 21.9. The van der Waals surface area contributed by atoms with Crippen molar-refractivity contribution >= 4 is 17.8 Å². The minimum absolute atomic E-state index is 0.0284. The molecule has 0 aliphatic heterocycles. The van der Waals surface area contributed by atoms with Gasteiger partial charge < -0.3 is 26.6 Å². The molecule has 0 aliphatic carbocycles. The zero-order valence-corrected chi connectivity index (χ0v) is 16.0. The van der Waals surface area contributed by atoms with Crippen LogP contribution in [0.4, 0.5) is 0 Å². The number of carbonyl (C=O) groups excluding carboxylic acids is 2. The molecule has 0 saturated heterocycles. The highest BCUT2D eigenvalue weighted by molar-refractivity contribution is 5.91. The van der Waals surface area contributed by atoms with Gasteiger partial charge in [0.15, 0.2) is 0 Å². The Morgan fingerprint density at radius 2 is 1.38 bits per heavy atom. The maximum absolute atomic E-state index is 12.8. The van der Waals surface area contributed by atoms with E-state index >= 15 is 0 Å². The Hall–Kier alpha value is -3.39. The number of hydrogen-bond acceptors (Lipinski definition) is 5. The average molecular weight is 399 g/mol. The van der Waals surface area contributed by atoms with Gasteiger partial charge in [-0.15, -0.1) is 0 Å². The Kier molecular flexibility index (Phi) is 7.73. The molecular formula is C21H25N3O5. The molecular weight excluding hydrogens is 374 g/mol. The molecule has 0 heterocycles. The second kappa shape index (κ2) is 10.2. The van der Waals surface area contributed by atoms with Gasteiger partial charge >= 0.3 is 5.97 Å². The quantitative estimate of drug-likeness (QED) is 0.418. The first-order valence-electron chi connectivity index (χ1n) is 9.17. The molecule has 0 radical (unpaired) electrons. The van der Waals surface area contributed by atoms with E-state index in [1.807, 2.05) is 30.3 Å². The zero-order valence-electron chi connectivity index (χ0n) is 16.0. The summed E-state index contributed by atoms with van der Waals surface area (Å²) in [6, 6.07) is 12.1. The Bertz CT molecular complexity index is 837. The molecule has 0 bridgehead atoms. The van der Waals surface area contributed by atoms with Crippen LogP contribution in [0.1, 0.15) is 18.1 Å². The van der Waals surface area contributed by atoms with Crippen molar-refractivity contribution in [1.82, 2.24) is 10.6 Å². The van der Waals surface area contributed by atoms with Crippen molar-refractivity contribution in [2.24, 2.45) is 5.73 Å². The fourth-order valence-electron chi connectivity index (χ4n) is 2.70. The Morgan fingerprint density at radius 1 is 0.862 bits per heavy atom. The second-order valence-corrected chi connectivity index (χ2v) is 6.81. The highest BCUT2D eigenvalue weighted by Crippen LogP contribution is 2.12. The number of phenols is 1. The fourth-order valence-corrected chi connectivity index (χ4v) is 2.70. The van der Waals surface area contributed by atoms with E-state index in [4.69, 9.17) is 5.73 Å². The molecule has 2 amide bonds. The fraction of sp³-hybridized carbons (Fsp3) is 0.286. The van der Waals surface area contributed by atoms with Crippen molar-refractivity contribution in [1.29, 1.82) is 0 Å². The molecule has 0 unspecified atom stereocenters. The largest absolute Gasteiger partial charge is 0.508 e. The van der Waals surface area contributed by atoms with Crippen molar-refractivity contribution in [3.05, 3.63) is 65.7 Å². The summed E-state index contributed by atoms with van der Waals surface area (Å²) in [4.78, 5) is 36.5. The number of amides is 2. The van der Waals surface area contributed by atoms with Gasteiger partial charge in [0.2, 0.25) is 11.8 Å². The van der Waals surface area contributed by atoms with E-state index in [-0.39, 0.29) is 18.6 Å². The number of rotatable bonds is 9. The van der Waals surface area contributed by atoms with Crippen molar-refractivity contribution < 1.29 is 24.6 Å². The molecule has 29 heavy (non-hydrogen) atoms. The molecule has 0 fully saturated rings. The maximum atomic E-state index is 12.8. The Balaban J connectivity index is 2.14. The van der Waals surface area contributed by atoms with E-state index in [1.54, 1.807) is 12.1 Å². The SMILES string of the molecule is C[C@H](N)C(=O)N[C@@H](Cc1ccccc1)C(=O)N[C@@H](Cc1ccc(O)cc1)C(=O)O. The molecule has 6 N–H and O–H groups in total. The van der Waals surface area contributed by atoms with Crippen LogP contribution >= 0.6 is 0 Å². The molecule has 3 atom stereocenters. The molecule has 2 rings (SSSR count). The molecule has 8 heteroatoms. The van der Waals surface area contributed by atoms with Gasteiger partial charge in [0.25, 0.3) is 0 Å². The summed E-state index contributed by atoms with van der Waals surface area (Å²) in [6.07, 6.45) is 0.220. The van der Waals surface area contributed by atoms with Gasteiger partial charge in [-0.2, -0.15) is 0 Å². The molecule has 0 spiro atoms. The molecule has 154 valence electrons. The minimum atomic E-state index is -1.21. The van der Waals surface area contributed by atoms with Crippen molar-refractivity contribution in [2.45, 2.75) is 37.9 Å². The van der Waals surface area contributed by atoms with Crippen LogP contribution in [0.15, 0.2) is 54.6 Å². The number of carbonyl (C=O) groups is 3. The number of nitrogens with one attached hydrogen (secondary N) is 2. The number of hydrogen-bond donors (Lipinski definition) is 5. The van der Waals surface area contributed by atoms with Crippen LogP contribution in [-0.4, -0.2) is 46.1 Å². The molecule has 0 saturated carbocycles. The third-order valence-electron chi connectivity index (χ3n) is 4.32. The number of carboxylic acids is 1. The predicted molar refractivity (Wildman–Crippen MR) is 107 cm³/mol. The Labute approximate surface area is 168 Å². The van der Waals surface area contributed by atoms with Gasteiger partial charge in [0.1, 0.15) is 17.8 Å². The van der Waals surface area contributed by atoms with Crippen LogP contribution in [0.25, 0.3) is 0 Å². The van der Waals surface area contributed by atoms with E-state index in [2.05, 4.69) is 10.6 Å². The van der Waals surface area contributed by atoms with Crippen molar-refractivity contribution in [3.8, 4) is 5.75 Å². The highest BCUT2D eigenvalue weighted by atomic mass is 16.4. The van der Waals surface area contributed by atoms with E-state index in [9.17, 15) is 24.6 Å². The van der Waals surface area contributed by atoms with Crippen LogP contribution in [0, 0.1) is 0 Å². The summed E-state index contributed by atoms with van der Waals surface area (Å²) in [7, 11) is 0. The number of carboxylic acid groups (broad SMARTS) is 1. The molecule has 2 aromatic carbocycles. The topological polar surface area (TPSA) is 142 Å². The number of nitrogens with two attached hydrogens (primary N) is 1. The summed E-state index contributed by atoms with van der Waals surface area (Å²) in [6.45, 7) is 1.50. The van der Waals surface area contributed by atoms with Gasteiger partial charge in [-0.3, -0.25) is 9.59 Å². The minimum Gasteiger partial charge on any atom is -0.508 e. The van der Waals surface area contributed by atoms with Crippen LogP contribution in [0.2, 0.25) is 0 Å². The highest BCUT2D eigenvalue weighted by Gasteiger charge is 2.27. The normalized spacial score (nSPS) is 13.7. The third-order valence-corrected chi connectivity index (χ3v) is 4.32. The number of aliphatic carboxylic acids is 1. The average Bonchev–Trinajstić information content (AvgIpc) is 2.69. The van der Waals surface area contributed by atoms with E-state index in [0.29, 0.717) is 5.56 Å². The predicted octanol–water partition coefficient (Wildman–Crippen LogP) is 0.579. The lowest BCUT2D eigenvalue weighted by molar-refractivity contribution is -0.142. The van der Waals surface area contributed by atoms with Crippen LogP contribution < -0.4 is 16.4 Å². The van der Waals surface area contributed by atoms with Gasteiger partial charge in [0, 0.05) is 12.8 Å².